The Labute approximate surface area is 110 Å². The molecule has 1 aromatic heterocycles. The summed E-state index contributed by atoms with van der Waals surface area (Å²) in [6.45, 7) is 0. The van der Waals surface area contributed by atoms with Crippen molar-refractivity contribution in [1.29, 1.82) is 0 Å². The van der Waals surface area contributed by atoms with Gasteiger partial charge in [0.25, 0.3) is 0 Å². The van der Waals surface area contributed by atoms with Gasteiger partial charge in [0.05, 0.1) is 5.69 Å². The van der Waals surface area contributed by atoms with Crippen molar-refractivity contribution in [3.05, 3.63) is 60.6 Å². The average Bonchev–Trinajstić information content (AvgIpc) is 2.92. The first-order valence-electron chi connectivity index (χ1n) is 5.86. The van der Waals surface area contributed by atoms with Crippen molar-refractivity contribution in [2.75, 3.05) is 0 Å². The lowest BCUT2D eigenvalue weighted by molar-refractivity contribution is 0.410. The molecule has 0 aliphatic carbocycles. The Morgan fingerprint density at radius 3 is 2.63 bits per heavy atom. The maximum absolute atomic E-state index is 6.19. The highest BCUT2D eigenvalue weighted by Gasteiger charge is 2.26. The summed E-state index contributed by atoms with van der Waals surface area (Å²) >= 11 is 0. The topological polar surface area (TPSA) is 94.2 Å². The Morgan fingerprint density at radius 2 is 2.00 bits per heavy atom. The highest BCUT2D eigenvalue weighted by molar-refractivity contribution is 5.92. The highest BCUT2D eigenvalue weighted by Crippen LogP contribution is 2.20. The summed E-state index contributed by atoms with van der Waals surface area (Å²) in [5.74, 6) is -0.612. The van der Waals surface area contributed by atoms with Gasteiger partial charge in [-0.25, -0.2) is 9.67 Å². The zero-order valence-corrected chi connectivity index (χ0v) is 10.2. The molecule has 0 fully saturated rings. The fourth-order valence-electron chi connectivity index (χ4n) is 1.96. The summed E-state index contributed by atoms with van der Waals surface area (Å²) < 4.78 is 1.78. The molecule has 0 amide bonds. The lowest BCUT2D eigenvalue weighted by atomic mass is 10.1. The minimum atomic E-state index is -1.01. The Morgan fingerprint density at radius 1 is 1.21 bits per heavy atom. The van der Waals surface area contributed by atoms with Crippen LogP contribution in [0.15, 0.2) is 60.0 Å². The number of aliphatic imine (C=N–C) groups is 1. The van der Waals surface area contributed by atoms with Crippen LogP contribution in [-0.2, 0) is 5.79 Å². The number of aromatic nitrogens is 2. The van der Waals surface area contributed by atoms with Crippen LogP contribution < -0.4 is 16.8 Å². The van der Waals surface area contributed by atoms with E-state index in [4.69, 9.17) is 11.5 Å². The molecule has 1 aliphatic rings. The molecule has 1 atom stereocenters. The monoisotopic (exact) mass is 254 g/mol. The number of nitrogens with one attached hydrogen (secondary N) is 1. The van der Waals surface area contributed by atoms with E-state index < -0.39 is 5.79 Å². The van der Waals surface area contributed by atoms with E-state index in [9.17, 15) is 0 Å². The summed E-state index contributed by atoms with van der Waals surface area (Å²) in [4.78, 5) is 4.23. The van der Waals surface area contributed by atoms with Crippen LogP contribution in [0.5, 0.6) is 0 Å². The van der Waals surface area contributed by atoms with Crippen molar-refractivity contribution in [3.8, 4) is 5.69 Å². The summed E-state index contributed by atoms with van der Waals surface area (Å²) in [5.41, 5.74) is 13.7. The van der Waals surface area contributed by atoms with Crippen LogP contribution >= 0.6 is 0 Å². The van der Waals surface area contributed by atoms with E-state index in [1.807, 2.05) is 36.5 Å². The molecule has 0 bridgehead atoms. The molecular weight excluding hydrogens is 240 g/mol. The lowest BCUT2D eigenvalue weighted by Crippen LogP contribution is -2.49. The number of rotatable bonds is 2. The molecular formula is C13H14N6. The lowest BCUT2D eigenvalue weighted by Gasteiger charge is -2.28. The standard InChI is InChI=1S/C13H14N6/c14-12-6-8-16-13(15,18-12)10-2-4-11(5-3-10)19-9-1-7-17-19/h1-9,16H,15H2,(H2,14,18). The molecule has 19 heavy (non-hydrogen) atoms. The average molecular weight is 254 g/mol. The fraction of sp³-hybridized carbons (Fsp3) is 0.0769. The number of nitrogens with two attached hydrogens (primary N) is 2. The van der Waals surface area contributed by atoms with Crippen LogP contribution in [0.4, 0.5) is 0 Å². The van der Waals surface area contributed by atoms with E-state index in [0.29, 0.717) is 5.84 Å². The first-order valence-corrected chi connectivity index (χ1v) is 5.86. The van der Waals surface area contributed by atoms with Crippen molar-refractivity contribution in [2.24, 2.45) is 16.5 Å². The van der Waals surface area contributed by atoms with E-state index in [1.165, 1.54) is 0 Å². The van der Waals surface area contributed by atoms with Gasteiger partial charge in [-0.05, 0) is 24.3 Å². The van der Waals surface area contributed by atoms with Crippen LogP contribution in [0.3, 0.4) is 0 Å². The van der Waals surface area contributed by atoms with E-state index >= 15 is 0 Å². The third-order valence-electron chi connectivity index (χ3n) is 2.94. The second kappa shape index (κ2) is 4.25. The second-order valence-corrected chi connectivity index (χ2v) is 4.28. The van der Waals surface area contributed by atoms with Crippen LogP contribution in [0.25, 0.3) is 5.69 Å². The van der Waals surface area contributed by atoms with Crippen molar-refractivity contribution in [1.82, 2.24) is 15.1 Å². The smallest absolute Gasteiger partial charge is 0.211 e. The number of benzene rings is 1. The van der Waals surface area contributed by atoms with E-state index in [-0.39, 0.29) is 0 Å². The molecule has 2 aromatic rings. The molecule has 6 nitrogen and oxygen atoms in total. The first kappa shape index (κ1) is 11.5. The molecule has 0 spiro atoms. The Bertz CT molecular complexity index is 626. The van der Waals surface area contributed by atoms with Gasteiger partial charge < -0.3 is 11.1 Å². The van der Waals surface area contributed by atoms with Crippen molar-refractivity contribution < 1.29 is 0 Å². The molecule has 0 saturated carbocycles. The predicted molar refractivity (Wildman–Crippen MR) is 73.3 cm³/mol. The third-order valence-corrected chi connectivity index (χ3v) is 2.94. The Kier molecular flexibility index (Phi) is 2.57. The maximum atomic E-state index is 6.19. The summed E-state index contributed by atoms with van der Waals surface area (Å²) in [7, 11) is 0. The maximum Gasteiger partial charge on any atom is 0.211 e. The number of amidine groups is 1. The molecule has 1 aliphatic heterocycles. The largest absolute Gasteiger partial charge is 0.384 e. The van der Waals surface area contributed by atoms with Gasteiger partial charge >= 0.3 is 0 Å². The molecule has 2 heterocycles. The fourth-order valence-corrected chi connectivity index (χ4v) is 1.96. The molecule has 96 valence electrons. The quantitative estimate of drug-likeness (QED) is 0.723. The van der Waals surface area contributed by atoms with Crippen LogP contribution in [0.2, 0.25) is 0 Å². The van der Waals surface area contributed by atoms with Crippen molar-refractivity contribution in [2.45, 2.75) is 5.79 Å². The summed E-state index contributed by atoms with van der Waals surface area (Å²) in [6, 6.07) is 9.54. The minimum absolute atomic E-state index is 0.400. The van der Waals surface area contributed by atoms with Gasteiger partial charge in [0.1, 0.15) is 5.84 Å². The molecule has 0 saturated heterocycles. The van der Waals surface area contributed by atoms with Crippen LogP contribution in [-0.4, -0.2) is 15.6 Å². The number of hydrogen-bond donors (Lipinski definition) is 3. The molecule has 5 N–H and O–H groups in total. The van der Waals surface area contributed by atoms with Gasteiger partial charge in [0.15, 0.2) is 0 Å². The predicted octanol–water partition coefficient (Wildman–Crippen LogP) is 0.415. The molecule has 3 rings (SSSR count). The van der Waals surface area contributed by atoms with Crippen molar-refractivity contribution in [3.63, 3.8) is 0 Å². The molecule has 0 radical (unpaired) electrons. The molecule has 1 aromatic carbocycles. The van der Waals surface area contributed by atoms with Crippen LogP contribution in [0, 0.1) is 0 Å². The summed E-state index contributed by atoms with van der Waals surface area (Å²) in [5, 5.41) is 7.17. The van der Waals surface area contributed by atoms with Gasteiger partial charge in [0, 0.05) is 24.2 Å². The van der Waals surface area contributed by atoms with E-state index in [1.54, 1.807) is 23.2 Å². The zero-order valence-electron chi connectivity index (χ0n) is 10.2. The van der Waals surface area contributed by atoms with Gasteiger partial charge in [-0.2, -0.15) is 5.10 Å². The van der Waals surface area contributed by atoms with Gasteiger partial charge in [-0.1, -0.05) is 12.1 Å². The molecule has 6 heteroatoms. The Hall–Kier alpha value is -2.60. The zero-order chi connectivity index (χ0) is 13.3. The van der Waals surface area contributed by atoms with Crippen molar-refractivity contribution >= 4 is 5.84 Å². The number of nitrogens with zero attached hydrogens (tertiary/aromatic N) is 3. The third kappa shape index (κ3) is 2.09. The summed E-state index contributed by atoms with van der Waals surface area (Å²) in [6.07, 6.45) is 6.98. The normalized spacial score (nSPS) is 21.8. The van der Waals surface area contributed by atoms with Crippen LogP contribution in [0.1, 0.15) is 5.56 Å². The van der Waals surface area contributed by atoms with E-state index in [2.05, 4.69) is 15.4 Å². The highest BCUT2D eigenvalue weighted by atomic mass is 15.3. The first-order chi connectivity index (χ1) is 9.17. The molecule has 1 unspecified atom stereocenters. The van der Waals surface area contributed by atoms with Gasteiger partial charge in [-0.3, -0.25) is 5.73 Å². The minimum Gasteiger partial charge on any atom is -0.384 e. The van der Waals surface area contributed by atoms with Gasteiger partial charge in [0.2, 0.25) is 5.79 Å². The number of hydrogen-bond acceptors (Lipinski definition) is 5. The second-order valence-electron chi connectivity index (χ2n) is 4.28. The van der Waals surface area contributed by atoms with E-state index in [0.717, 1.165) is 11.3 Å². The van der Waals surface area contributed by atoms with Gasteiger partial charge in [-0.15, -0.1) is 0 Å². The Balaban J connectivity index is 1.93. The SMILES string of the molecule is NC1=NC(N)(c2ccc(-n3cccn3)cc2)NC=C1.